The van der Waals surface area contributed by atoms with Crippen LogP contribution in [0.3, 0.4) is 0 Å². The maximum Gasteiger partial charge on any atom is 0.408 e. The van der Waals surface area contributed by atoms with E-state index >= 15 is 0 Å². The van der Waals surface area contributed by atoms with E-state index in [2.05, 4.69) is 0 Å². The summed E-state index contributed by atoms with van der Waals surface area (Å²) in [7, 11) is 0. The second-order valence-corrected chi connectivity index (χ2v) is 5.76. The summed E-state index contributed by atoms with van der Waals surface area (Å²) in [6.07, 6.45) is 1.86. The Morgan fingerprint density at radius 1 is 1.31 bits per heavy atom. The van der Waals surface area contributed by atoms with Gasteiger partial charge in [-0.05, 0) is 30.9 Å². The number of aliphatic carboxylic acids is 1. The van der Waals surface area contributed by atoms with Gasteiger partial charge in [0, 0.05) is 11.8 Å². The van der Waals surface area contributed by atoms with Crippen LogP contribution < -0.4 is 0 Å². The third-order valence-electron chi connectivity index (χ3n) is 3.06. The molecule has 2 N–H and O–H groups in total. The van der Waals surface area contributed by atoms with Gasteiger partial charge in [0.25, 0.3) is 0 Å². The van der Waals surface area contributed by atoms with Crippen LogP contribution in [0.4, 0.5) is 4.79 Å². The number of carbonyl (C=O) groups is 2. The molecule has 1 aliphatic heterocycles. The number of rotatable bonds is 4. The highest BCUT2D eigenvalue weighted by Crippen LogP contribution is 2.36. The second kappa shape index (κ2) is 4.53. The summed E-state index contributed by atoms with van der Waals surface area (Å²) < 4.78 is 0. The predicted molar refractivity (Wildman–Crippen MR) is 59.7 cm³/mol. The summed E-state index contributed by atoms with van der Waals surface area (Å²) in [6.45, 7) is 0.351. The Kier molecular flexibility index (Phi) is 3.28. The first-order valence-electron chi connectivity index (χ1n) is 5.42. The summed E-state index contributed by atoms with van der Waals surface area (Å²) in [5, 5.41) is 18.0. The lowest BCUT2D eigenvalue weighted by Crippen LogP contribution is -2.39. The lowest BCUT2D eigenvalue weighted by molar-refractivity contribution is -0.141. The molecule has 1 amide bonds. The fourth-order valence-electron chi connectivity index (χ4n) is 1.92. The largest absolute Gasteiger partial charge is 0.480 e. The molecule has 6 heteroatoms. The molecular weight excluding hydrogens is 230 g/mol. The summed E-state index contributed by atoms with van der Waals surface area (Å²) in [5.74, 6) is 0.800. The molecule has 1 unspecified atom stereocenters. The number of amides is 1. The van der Waals surface area contributed by atoms with Gasteiger partial charge in [0.1, 0.15) is 6.04 Å². The summed E-state index contributed by atoms with van der Waals surface area (Å²) in [5.41, 5.74) is 0. The van der Waals surface area contributed by atoms with Crippen molar-refractivity contribution < 1.29 is 19.8 Å². The minimum absolute atomic E-state index is 0.151. The molecule has 0 aromatic carbocycles. The molecule has 0 aromatic heterocycles. The second-order valence-electron chi connectivity index (χ2n) is 4.42. The molecular formula is C10H15NO4S. The van der Waals surface area contributed by atoms with Gasteiger partial charge in [-0.25, -0.2) is 9.59 Å². The smallest absolute Gasteiger partial charge is 0.408 e. The predicted octanol–water partition coefficient (Wildman–Crippen LogP) is 1.34. The Hall–Kier alpha value is -0.910. The quantitative estimate of drug-likeness (QED) is 0.781. The molecule has 0 spiro atoms. The van der Waals surface area contributed by atoms with E-state index in [9.17, 15) is 9.59 Å². The topological polar surface area (TPSA) is 77.8 Å². The van der Waals surface area contributed by atoms with Crippen molar-refractivity contribution in [2.24, 2.45) is 5.92 Å². The van der Waals surface area contributed by atoms with E-state index in [1.165, 1.54) is 12.8 Å². The van der Waals surface area contributed by atoms with Crippen LogP contribution in [0.5, 0.6) is 0 Å². The molecule has 90 valence electrons. The number of carboxylic acids is 1. The van der Waals surface area contributed by atoms with Crippen LogP contribution in [0, 0.1) is 5.92 Å². The molecule has 1 heterocycles. The molecule has 0 aromatic rings. The fourth-order valence-corrected chi connectivity index (χ4v) is 3.38. The average molecular weight is 245 g/mol. The Morgan fingerprint density at radius 2 is 2.00 bits per heavy atom. The molecule has 0 bridgehead atoms. The van der Waals surface area contributed by atoms with E-state index in [0.717, 1.165) is 16.6 Å². The van der Waals surface area contributed by atoms with Crippen LogP contribution in [0.2, 0.25) is 0 Å². The van der Waals surface area contributed by atoms with Crippen LogP contribution in [0.15, 0.2) is 0 Å². The van der Waals surface area contributed by atoms with E-state index in [1.807, 2.05) is 0 Å². The van der Waals surface area contributed by atoms with Gasteiger partial charge in [-0.15, -0.1) is 0 Å². The monoisotopic (exact) mass is 245 g/mol. The van der Waals surface area contributed by atoms with Crippen molar-refractivity contribution in [2.45, 2.75) is 30.6 Å². The van der Waals surface area contributed by atoms with Crippen molar-refractivity contribution in [3.05, 3.63) is 0 Å². The Bertz CT molecular complexity index is 283. The maximum absolute atomic E-state index is 10.9. The van der Waals surface area contributed by atoms with Crippen molar-refractivity contribution in [1.82, 2.24) is 4.90 Å². The van der Waals surface area contributed by atoms with Gasteiger partial charge in [-0.3, -0.25) is 4.90 Å². The highest BCUT2D eigenvalue weighted by Gasteiger charge is 2.40. The van der Waals surface area contributed by atoms with Crippen LogP contribution in [-0.4, -0.2) is 50.8 Å². The summed E-state index contributed by atoms with van der Waals surface area (Å²) in [6, 6.07) is -0.853. The number of hydrogen-bond donors (Lipinski definition) is 2. The first-order valence-corrected chi connectivity index (χ1v) is 6.46. The van der Waals surface area contributed by atoms with Crippen LogP contribution in [0.1, 0.15) is 19.3 Å². The average Bonchev–Trinajstić information content (AvgIpc) is 2.93. The zero-order chi connectivity index (χ0) is 11.7. The lowest BCUT2D eigenvalue weighted by Gasteiger charge is -2.16. The van der Waals surface area contributed by atoms with E-state index in [0.29, 0.717) is 13.0 Å². The number of carboxylic acid groups (broad SMARTS) is 2. The van der Waals surface area contributed by atoms with E-state index in [4.69, 9.17) is 10.2 Å². The Labute approximate surface area is 97.8 Å². The third kappa shape index (κ3) is 2.61. The van der Waals surface area contributed by atoms with E-state index in [1.54, 1.807) is 11.8 Å². The lowest BCUT2D eigenvalue weighted by atomic mass is 10.2. The molecule has 1 saturated carbocycles. The van der Waals surface area contributed by atoms with Gasteiger partial charge < -0.3 is 10.2 Å². The molecule has 5 nitrogen and oxygen atoms in total. The molecule has 16 heavy (non-hydrogen) atoms. The SMILES string of the molecule is O=C(O)C1C[C@@H](SCC2CC2)CN1C(=O)O. The molecule has 2 rings (SSSR count). The standard InChI is InChI=1S/C10H15NO4S/c12-9(13)8-3-7(4-11(8)10(14)15)16-5-6-1-2-6/h6-8H,1-5H2,(H,12,13)(H,14,15)/t7-,8?/m1/s1. The van der Waals surface area contributed by atoms with Crippen molar-refractivity contribution in [3.63, 3.8) is 0 Å². The first kappa shape index (κ1) is 11.6. The molecule has 0 radical (unpaired) electrons. The highest BCUT2D eigenvalue weighted by atomic mass is 32.2. The molecule has 1 saturated heterocycles. The zero-order valence-electron chi connectivity index (χ0n) is 8.83. The molecule has 2 fully saturated rings. The Balaban J connectivity index is 1.88. The van der Waals surface area contributed by atoms with Gasteiger partial charge in [-0.1, -0.05) is 0 Å². The Morgan fingerprint density at radius 3 is 2.44 bits per heavy atom. The molecule has 2 aliphatic rings. The van der Waals surface area contributed by atoms with Gasteiger partial charge >= 0.3 is 12.1 Å². The number of thioether (sulfide) groups is 1. The normalized spacial score (nSPS) is 29.4. The van der Waals surface area contributed by atoms with Crippen molar-refractivity contribution in [3.8, 4) is 0 Å². The van der Waals surface area contributed by atoms with Crippen LogP contribution >= 0.6 is 11.8 Å². The summed E-state index contributed by atoms with van der Waals surface area (Å²) >= 11 is 1.73. The van der Waals surface area contributed by atoms with Crippen molar-refractivity contribution in [1.29, 1.82) is 0 Å². The number of likely N-dealkylation sites (tertiary alicyclic amines) is 1. The van der Waals surface area contributed by atoms with Gasteiger partial charge in [-0.2, -0.15) is 11.8 Å². The number of hydrogen-bond acceptors (Lipinski definition) is 3. The molecule has 1 aliphatic carbocycles. The summed E-state index contributed by atoms with van der Waals surface area (Å²) in [4.78, 5) is 22.8. The zero-order valence-corrected chi connectivity index (χ0v) is 9.65. The minimum atomic E-state index is -1.12. The van der Waals surface area contributed by atoms with E-state index < -0.39 is 18.1 Å². The van der Waals surface area contributed by atoms with E-state index in [-0.39, 0.29) is 5.25 Å². The van der Waals surface area contributed by atoms with Crippen molar-refractivity contribution >= 4 is 23.8 Å². The third-order valence-corrected chi connectivity index (χ3v) is 4.53. The van der Waals surface area contributed by atoms with Gasteiger partial charge in [0.2, 0.25) is 0 Å². The van der Waals surface area contributed by atoms with Crippen molar-refractivity contribution in [2.75, 3.05) is 12.3 Å². The molecule has 2 atom stereocenters. The highest BCUT2D eigenvalue weighted by molar-refractivity contribution is 7.99. The van der Waals surface area contributed by atoms with Crippen LogP contribution in [-0.2, 0) is 4.79 Å². The minimum Gasteiger partial charge on any atom is -0.480 e. The fraction of sp³-hybridized carbons (Fsp3) is 0.800. The van der Waals surface area contributed by atoms with Gasteiger partial charge in [0.15, 0.2) is 0 Å². The first-order chi connectivity index (χ1) is 7.58. The number of nitrogens with zero attached hydrogens (tertiary/aromatic N) is 1. The van der Waals surface area contributed by atoms with Gasteiger partial charge in [0.05, 0.1) is 0 Å². The van der Waals surface area contributed by atoms with Crippen LogP contribution in [0.25, 0.3) is 0 Å². The maximum atomic E-state index is 10.9.